The van der Waals surface area contributed by atoms with Gasteiger partial charge in [0, 0.05) is 24.7 Å². The fourth-order valence-corrected chi connectivity index (χ4v) is 3.17. The van der Waals surface area contributed by atoms with Crippen molar-refractivity contribution in [2.75, 3.05) is 26.8 Å². The monoisotopic (exact) mass is 355 g/mol. The third kappa shape index (κ3) is 3.44. The molecule has 6 heteroatoms. The molecule has 114 valence electrons. The Hall–Kier alpha value is -1.40. The Kier molecular flexibility index (Phi) is 5.00. The lowest BCUT2D eigenvalue weighted by molar-refractivity contribution is -0.148. The van der Waals surface area contributed by atoms with Crippen LogP contribution in [0.25, 0.3) is 0 Å². The highest BCUT2D eigenvalue weighted by Gasteiger charge is 2.43. The third-order valence-corrected chi connectivity index (χ3v) is 4.35. The van der Waals surface area contributed by atoms with E-state index in [1.807, 2.05) is 24.3 Å². The number of likely N-dealkylation sites (N-methyl/N-ethyl adjacent to an activating group) is 1. The van der Waals surface area contributed by atoms with Crippen molar-refractivity contribution < 1.29 is 19.4 Å². The first-order chi connectivity index (χ1) is 9.95. The molecule has 0 spiro atoms. The highest BCUT2D eigenvalue weighted by Crippen LogP contribution is 2.37. The molecule has 0 aliphatic carbocycles. The molecule has 0 aromatic heterocycles. The fraction of sp³-hybridized carbons (Fsp3) is 0.467. The van der Waals surface area contributed by atoms with Gasteiger partial charge in [0.2, 0.25) is 5.91 Å². The number of amides is 1. The lowest BCUT2D eigenvalue weighted by atomic mass is 9.73. The summed E-state index contributed by atoms with van der Waals surface area (Å²) < 4.78 is 6.29. The van der Waals surface area contributed by atoms with Crippen LogP contribution in [-0.2, 0) is 19.7 Å². The molecule has 1 heterocycles. The molecule has 1 amide bonds. The van der Waals surface area contributed by atoms with E-state index in [9.17, 15) is 9.59 Å². The van der Waals surface area contributed by atoms with Gasteiger partial charge in [0.25, 0.3) is 0 Å². The Labute approximate surface area is 132 Å². The van der Waals surface area contributed by atoms with Crippen molar-refractivity contribution in [2.24, 2.45) is 0 Å². The van der Waals surface area contributed by atoms with Crippen molar-refractivity contribution >= 4 is 27.8 Å². The zero-order chi connectivity index (χ0) is 15.5. The van der Waals surface area contributed by atoms with Crippen LogP contribution in [0.15, 0.2) is 28.7 Å². The van der Waals surface area contributed by atoms with Gasteiger partial charge in [0.15, 0.2) is 0 Å². The van der Waals surface area contributed by atoms with Gasteiger partial charge < -0.3 is 14.7 Å². The number of carbonyl (C=O) groups excluding carboxylic acids is 1. The average molecular weight is 356 g/mol. The van der Waals surface area contributed by atoms with Crippen molar-refractivity contribution in [3.8, 4) is 0 Å². The Morgan fingerprint density at radius 1 is 1.38 bits per heavy atom. The summed E-state index contributed by atoms with van der Waals surface area (Å²) in [5.74, 6) is -1.17. The second-order valence-corrected chi connectivity index (χ2v) is 6.18. The van der Waals surface area contributed by atoms with Crippen molar-refractivity contribution in [1.82, 2.24) is 4.90 Å². The van der Waals surface area contributed by atoms with Gasteiger partial charge in [-0.15, -0.1) is 0 Å². The summed E-state index contributed by atoms with van der Waals surface area (Å²) in [7, 11) is 1.53. The molecule has 1 saturated heterocycles. The number of carboxylic acids is 1. The van der Waals surface area contributed by atoms with E-state index >= 15 is 0 Å². The molecule has 0 radical (unpaired) electrons. The first-order valence-electron chi connectivity index (χ1n) is 6.77. The van der Waals surface area contributed by atoms with E-state index < -0.39 is 11.4 Å². The topological polar surface area (TPSA) is 66.8 Å². The maximum Gasteiger partial charge on any atom is 0.323 e. The quantitative estimate of drug-likeness (QED) is 0.897. The van der Waals surface area contributed by atoms with Crippen molar-refractivity contribution in [1.29, 1.82) is 0 Å². The predicted octanol–water partition coefficient (Wildman–Crippen LogP) is 2.04. The highest BCUT2D eigenvalue weighted by atomic mass is 79.9. The summed E-state index contributed by atoms with van der Waals surface area (Å²) >= 11 is 3.43. The minimum Gasteiger partial charge on any atom is -0.480 e. The number of ether oxygens (including phenoxy) is 1. The molecule has 1 aliphatic heterocycles. The predicted molar refractivity (Wildman–Crippen MR) is 81.1 cm³/mol. The first-order valence-corrected chi connectivity index (χ1v) is 7.56. The van der Waals surface area contributed by atoms with Crippen molar-refractivity contribution in [2.45, 2.75) is 18.3 Å². The fourth-order valence-electron chi connectivity index (χ4n) is 2.77. The molecule has 1 aliphatic rings. The number of benzene rings is 1. The van der Waals surface area contributed by atoms with Crippen molar-refractivity contribution in [3.63, 3.8) is 0 Å². The number of halogens is 1. The summed E-state index contributed by atoms with van der Waals surface area (Å²) in [4.78, 5) is 25.0. The van der Waals surface area contributed by atoms with Crippen LogP contribution in [0.3, 0.4) is 0 Å². The molecule has 1 N–H and O–H groups in total. The SMILES string of the molecule is CN(CC(=O)O)C(=O)C1(c2cccc(Br)c2)CCOCC1. The minimum absolute atomic E-state index is 0.161. The maximum absolute atomic E-state index is 12.9. The minimum atomic E-state index is -1.01. The van der Waals surface area contributed by atoms with Crippen LogP contribution in [0.1, 0.15) is 18.4 Å². The third-order valence-electron chi connectivity index (χ3n) is 3.85. The summed E-state index contributed by atoms with van der Waals surface area (Å²) in [5.41, 5.74) is 0.203. The number of carboxylic acid groups (broad SMARTS) is 1. The Morgan fingerprint density at radius 2 is 2.05 bits per heavy atom. The number of rotatable bonds is 4. The van der Waals surface area contributed by atoms with Crippen LogP contribution in [0.2, 0.25) is 0 Å². The molecule has 0 bridgehead atoms. The summed E-state index contributed by atoms with van der Waals surface area (Å²) in [6.07, 6.45) is 1.12. The van der Waals surface area contributed by atoms with E-state index in [0.29, 0.717) is 26.1 Å². The number of hydrogen-bond acceptors (Lipinski definition) is 3. The lowest BCUT2D eigenvalue weighted by Crippen LogP contribution is -2.49. The molecule has 5 nitrogen and oxygen atoms in total. The molecular weight excluding hydrogens is 338 g/mol. The van der Waals surface area contributed by atoms with Gasteiger partial charge >= 0.3 is 5.97 Å². The maximum atomic E-state index is 12.9. The zero-order valence-electron chi connectivity index (χ0n) is 11.8. The molecule has 1 fully saturated rings. The molecule has 0 saturated carbocycles. The van der Waals surface area contributed by atoms with Crippen LogP contribution >= 0.6 is 15.9 Å². The number of aliphatic carboxylic acids is 1. The summed E-state index contributed by atoms with van der Waals surface area (Å²) in [6, 6.07) is 7.64. The van der Waals surface area contributed by atoms with E-state index in [4.69, 9.17) is 9.84 Å². The van der Waals surface area contributed by atoms with Crippen LogP contribution in [0.5, 0.6) is 0 Å². The van der Waals surface area contributed by atoms with E-state index in [2.05, 4.69) is 15.9 Å². The van der Waals surface area contributed by atoms with Gasteiger partial charge in [0.1, 0.15) is 6.54 Å². The number of carbonyl (C=O) groups is 2. The van der Waals surface area contributed by atoms with Gasteiger partial charge in [-0.05, 0) is 30.5 Å². The number of hydrogen-bond donors (Lipinski definition) is 1. The summed E-state index contributed by atoms with van der Waals surface area (Å²) in [6.45, 7) is 0.702. The van der Waals surface area contributed by atoms with Gasteiger partial charge in [-0.25, -0.2) is 0 Å². The lowest BCUT2D eigenvalue weighted by Gasteiger charge is -2.38. The Morgan fingerprint density at radius 3 is 2.62 bits per heavy atom. The van der Waals surface area contributed by atoms with E-state index in [1.165, 1.54) is 11.9 Å². The molecule has 2 rings (SSSR count). The van der Waals surface area contributed by atoms with Gasteiger partial charge in [-0.3, -0.25) is 9.59 Å². The second kappa shape index (κ2) is 6.58. The average Bonchev–Trinajstić information content (AvgIpc) is 2.46. The van der Waals surface area contributed by atoms with Gasteiger partial charge in [-0.1, -0.05) is 28.1 Å². The molecule has 0 atom stereocenters. The molecule has 21 heavy (non-hydrogen) atoms. The Bertz CT molecular complexity index is 540. The first kappa shape index (κ1) is 16.0. The van der Waals surface area contributed by atoms with E-state index in [0.717, 1.165) is 10.0 Å². The molecule has 1 aromatic carbocycles. The molecule has 1 aromatic rings. The largest absolute Gasteiger partial charge is 0.480 e. The second-order valence-electron chi connectivity index (χ2n) is 5.26. The van der Waals surface area contributed by atoms with Crippen LogP contribution < -0.4 is 0 Å². The van der Waals surface area contributed by atoms with Crippen LogP contribution in [0, 0.1) is 0 Å². The molecule has 0 unspecified atom stereocenters. The van der Waals surface area contributed by atoms with E-state index in [1.54, 1.807) is 0 Å². The smallest absolute Gasteiger partial charge is 0.323 e. The normalized spacial score (nSPS) is 17.2. The van der Waals surface area contributed by atoms with Crippen LogP contribution in [0.4, 0.5) is 0 Å². The van der Waals surface area contributed by atoms with Crippen LogP contribution in [-0.4, -0.2) is 48.7 Å². The number of nitrogens with zero attached hydrogens (tertiary/aromatic N) is 1. The zero-order valence-corrected chi connectivity index (χ0v) is 13.4. The van der Waals surface area contributed by atoms with Gasteiger partial charge in [-0.2, -0.15) is 0 Å². The van der Waals surface area contributed by atoms with E-state index in [-0.39, 0.29) is 12.5 Å². The molecular formula is C15H18BrNO4. The highest BCUT2D eigenvalue weighted by molar-refractivity contribution is 9.10. The van der Waals surface area contributed by atoms with Gasteiger partial charge in [0.05, 0.1) is 5.41 Å². The summed E-state index contributed by atoms with van der Waals surface area (Å²) in [5, 5.41) is 8.90. The Balaban J connectivity index is 2.37. The van der Waals surface area contributed by atoms with Crippen molar-refractivity contribution in [3.05, 3.63) is 34.3 Å². The standard InChI is InChI=1S/C15H18BrNO4/c1-17(10-13(18)19)14(20)15(5-7-21-8-6-15)11-3-2-4-12(16)9-11/h2-4,9H,5-8,10H2,1H3,(H,18,19).